The topological polar surface area (TPSA) is 85.6 Å². The summed E-state index contributed by atoms with van der Waals surface area (Å²) < 4.78 is 54.3. The Hall–Kier alpha value is -2.81. The molecule has 1 amide bonds. The normalized spacial score (nSPS) is 27.8. The minimum atomic E-state index is -3.17. The van der Waals surface area contributed by atoms with Gasteiger partial charge in [-0.2, -0.15) is 8.78 Å². The Morgan fingerprint density at radius 3 is 2.83 bits per heavy atom. The molecule has 0 spiro atoms. The van der Waals surface area contributed by atoms with Gasteiger partial charge in [0.2, 0.25) is 0 Å². The van der Waals surface area contributed by atoms with E-state index in [1.807, 2.05) is 0 Å². The van der Waals surface area contributed by atoms with Crippen molar-refractivity contribution < 1.29 is 27.3 Å². The van der Waals surface area contributed by atoms with Gasteiger partial charge < -0.3 is 9.64 Å². The van der Waals surface area contributed by atoms with Crippen molar-refractivity contribution in [3.05, 3.63) is 67.7 Å². The van der Waals surface area contributed by atoms with Gasteiger partial charge in [0.15, 0.2) is 0 Å². The number of aromatic nitrogens is 1. The molecule has 0 aromatic carbocycles. The zero-order valence-electron chi connectivity index (χ0n) is 17.9. The highest BCUT2D eigenvalue weighted by molar-refractivity contribution is 6.31. The van der Waals surface area contributed by atoms with Crippen LogP contribution in [0.2, 0.25) is 5.02 Å². The van der Waals surface area contributed by atoms with Crippen LogP contribution in [0.3, 0.4) is 0 Å². The average Bonchev–Trinajstić information content (AvgIpc) is 2.84. The molecule has 4 bridgehead atoms. The Labute approximate surface area is 173 Å². The van der Waals surface area contributed by atoms with Gasteiger partial charge in [0.1, 0.15) is 11.8 Å². The van der Waals surface area contributed by atoms with E-state index >= 15 is 0 Å². The Bertz CT molecular complexity index is 1120. The first-order valence-corrected chi connectivity index (χ1v) is 9.00. The lowest BCUT2D eigenvalue weighted by Crippen LogP contribution is -2.49. The number of carbonyl (C=O) groups is 1. The van der Waals surface area contributed by atoms with E-state index in [0.717, 1.165) is 6.08 Å². The predicted molar refractivity (Wildman–Crippen MR) is 99.6 cm³/mol. The van der Waals surface area contributed by atoms with Gasteiger partial charge in [-0.1, -0.05) is 11.6 Å². The van der Waals surface area contributed by atoms with Crippen molar-refractivity contribution in [2.24, 2.45) is 5.92 Å². The van der Waals surface area contributed by atoms with Crippen molar-refractivity contribution in [3.8, 4) is 0 Å². The maximum atomic E-state index is 13.2. The van der Waals surface area contributed by atoms with Crippen LogP contribution in [0.25, 0.3) is 5.57 Å². The van der Waals surface area contributed by atoms with E-state index in [9.17, 15) is 23.7 Å². The minimum absolute atomic E-state index is 0.0343. The van der Waals surface area contributed by atoms with Crippen LogP contribution in [-0.2, 0) is 9.53 Å². The number of amides is 1. The standard InChI is InChI=1S/C19H16ClF2N3O4/c1-8-7-23-12(6-11(8)20)16-15-9-3-4-14(29-19(21)22)10(15)5-13(17(16)25(27)28)24(2)18(9)26/h3-4,6-7,10,13,17,19H,5H2,1-2H3/t10-,13-,17?/m1/s1/i2D3. The third-order valence-electron chi connectivity index (χ3n) is 5.37. The van der Waals surface area contributed by atoms with E-state index in [1.54, 1.807) is 6.92 Å². The van der Waals surface area contributed by atoms with E-state index in [-0.39, 0.29) is 39.6 Å². The number of pyridine rings is 1. The molecular weight excluding hydrogens is 408 g/mol. The number of halogens is 3. The minimum Gasteiger partial charge on any atom is -0.439 e. The second kappa shape index (κ2) is 6.91. The fourth-order valence-corrected chi connectivity index (χ4v) is 4.26. The van der Waals surface area contributed by atoms with Crippen LogP contribution >= 0.6 is 11.6 Å². The maximum Gasteiger partial charge on any atom is 0.387 e. The number of ether oxygens (including phenoxy) is 1. The molecule has 3 heterocycles. The molecule has 0 saturated carbocycles. The van der Waals surface area contributed by atoms with Crippen LogP contribution in [0.15, 0.2) is 41.3 Å². The molecule has 10 heteroatoms. The molecule has 2 aliphatic carbocycles. The van der Waals surface area contributed by atoms with Gasteiger partial charge in [0.05, 0.1) is 11.3 Å². The number of hydrogen-bond donors (Lipinski definition) is 0. The van der Waals surface area contributed by atoms with Gasteiger partial charge in [-0.05, 0) is 42.7 Å². The number of hydrogen-bond acceptors (Lipinski definition) is 5. The van der Waals surface area contributed by atoms with Crippen LogP contribution in [-0.4, -0.2) is 46.4 Å². The van der Waals surface area contributed by atoms with Gasteiger partial charge >= 0.3 is 6.61 Å². The van der Waals surface area contributed by atoms with Crippen molar-refractivity contribution in [1.82, 2.24) is 9.88 Å². The molecule has 1 unspecified atom stereocenters. The van der Waals surface area contributed by atoms with E-state index in [1.165, 1.54) is 18.3 Å². The number of nitrogens with zero attached hydrogens (tertiary/aromatic N) is 3. The molecule has 2 aliphatic heterocycles. The second-order valence-electron chi connectivity index (χ2n) is 6.93. The van der Waals surface area contributed by atoms with Gasteiger partial charge in [-0.15, -0.1) is 0 Å². The van der Waals surface area contributed by atoms with E-state index in [0.29, 0.717) is 10.5 Å². The highest BCUT2D eigenvalue weighted by Crippen LogP contribution is 2.50. The maximum absolute atomic E-state index is 13.2. The van der Waals surface area contributed by atoms with Crippen LogP contribution in [0.4, 0.5) is 8.78 Å². The average molecular weight is 427 g/mol. The molecule has 0 radical (unpaired) electrons. The molecule has 3 atom stereocenters. The van der Waals surface area contributed by atoms with Crippen molar-refractivity contribution in [2.45, 2.75) is 32.0 Å². The van der Waals surface area contributed by atoms with Crippen molar-refractivity contribution in [2.75, 3.05) is 6.98 Å². The molecular formula is C19H16ClF2N3O4. The molecule has 5 rings (SSSR count). The summed E-state index contributed by atoms with van der Waals surface area (Å²) in [5.74, 6) is -2.14. The SMILES string of the molecule is [2H]C([2H])([2H])N1C(=O)C2=CC=C(OC(F)F)[C@H]3C[C@@H]1C([N+](=O)[O-])C(c1cc(Cl)c(C)cn1)=C23. The number of nitro groups is 1. The molecule has 0 N–H and O–H groups in total. The zero-order chi connectivity index (χ0) is 23.5. The monoisotopic (exact) mass is 426 g/mol. The first kappa shape index (κ1) is 16.0. The number of alkyl halides is 2. The van der Waals surface area contributed by atoms with Crippen molar-refractivity contribution in [1.29, 1.82) is 0 Å². The first-order valence-electron chi connectivity index (χ1n) is 10.1. The molecule has 1 saturated heterocycles. The van der Waals surface area contributed by atoms with Gasteiger partial charge in [0, 0.05) is 38.7 Å². The number of aryl methyl sites for hydroxylation is 1. The van der Waals surface area contributed by atoms with Gasteiger partial charge in [-0.25, -0.2) is 0 Å². The Balaban J connectivity index is 2.04. The summed E-state index contributed by atoms with van der Waals surface area (Å²) in [6.07, 6.45) is 3.45. The molecule has 29 heavy (non-hydrogen) atoms. The fourth-order valence-electron chi connectivity index (χ4n) is 4.11. The molecule has 1 aromatic rings. The third kappa shape index (κ3) is 3.00. The lowest BCUT2D eigenvalue weighted by atomic mass is 9.72. The summed E-state index contributed by atoms with van der Waals surface area (Å²) in [5, 5.41) is 12.4. The molecule has 7 nitrogen and oxygen atoms in total. The number of likely N-dealkylation sites (N-methyl/N-ethyl adjacent to an activating group) is 1. The van der Waals surface area contributed by atoms with E-state index in [4.69, 9.17) is 15.7 Å². The lowest BCUT2D eigenvalue weighted by Gasteiger charge is -2.35. The number of rotatable bonds is 4. The molecule has 1 fully saturated rings. The molecule has 152 valence electrons. The summed E-state index contributed by atoms with van der Waals surface area (Å²) in [7, 11) is 0. The predicted octanol–water partition coefficient (Wildman–Crippen LogP) is 3.37. The highest BCUT2D eigenvalue weighted by Gasteiger charge is 2.54. The Kier molecular flexibility index (Phi) is 3.82. The summed E-state index contributed by atoms with van der Waals surface area (Å²) in [4.78, 5) is 29.5. The summed E-state index contributed by atoms with van der Waals surface area (Å²) in [5.41, 5.74) is 0.557. The fraction of sp³-hybridized carbons (Fsp3) is 0.368. The smallest absolute Gasteiger partial charge is 0.387 e. The van der Waals surface area contributed by atoms with Crippen LogP contribution in [0.5, 0.6) is 0 Å². The largest absolute Gasteiger partial charge is 0.439 e. The number of fused-ring (bicyclic) bond motifs is 2. The second-order valence-corrected chi connectivity index (χ2v) is 7.34. The summed E-state index contributed by atoms with van der Waals surface area (Å²) >= 11 is 6.20. The van der Waals surface area contributed by atoms with Gasteiger partial charge in [0.25, 0.3) is 11.9 Å². The van der Waals surface area contributed by atoms with E-state index < -0.39 is 42.4 Å². The summed E-state index contributed by atoms with van der Waals surface area (Å²) in [6, 6.07) is -1.73. The van der Waals surface area contributed by atoms with Crippen molar-refractivity contribution >= 4 is 23.1 Å². The Morgan fingerprint density at radius 2 is 2.21 bits per heavy atom. The van der Waals surface area contributed by atoms with Crippen LogP contribution < -0.4 is 0 Å². The first-order chi connectivity index (χ1) is 14.9. The van der Waals surface area contributed by atoms with Crippen LogP contribution in [0, 0.1) is 23.0 Å². The highest BCUT2D eigenvalue weighted by atomic mass is 35.5. The third-order valence-corrected chi connectivity index (χ3v) is 5.78. The quantitative estimate of drug-likeness (QED) is 0.544. The summed E-state index contributed by atoms with van der Waals surface area (Å²) in [6.45, 7) is -4.50. The lowest BCUT2D eigenvalue weighted by molar-refractivity contribution is -0.513. The number of carbonyl (C=O) groups excluding carboxylic acids is 1. The number of allylic oxidation sites excluding steroid dienone is 3. The zero-order valence-corrected chi connectivity index (χ0v) is 15.7. The molecule has 4 aliphatic rings. The Morgan fingerprint density at radius 1 is 1.45 bits per heavy atom. The van der Waals surface area contributed by atoms with Crippen LogP contribution in [0.1, 0.15) is 21.8 Å². The molecule has 1 aromatic heterocycles. The van der Waals surface area contributed by atoms with Gasteiger partial charge in [-0.3, -0.25) is 19.9 Å². The van der Waals surface area contributed by atoms with E-state index in [2.05, 4.69) is 9.72 Å². The van der Waals surface area contributed by atoms with Crippen molar-refractivity contribution in [3.63, 3.8) is 0 Å².